The summed E-state index contributed by atoms with van der Waals surface area (Å²) in [6, 6.07) is 8.15. The summed E-state index contributed by atoms with van der Waals surface area (Å²) >= 11 is 0. The molecule has 0 saturated heterocycles. The molecule has 2 aliphatic carbocycles. The van der Waals surface area contributed by atoms with Crippen LogP contribution in [0.4, 0.5) is 0 Å². The van der Waals surface area contributed by atoms with E-state index >= 15 is 0 Å². The summed E-state index contributed by atoms with van der Waals surface area (Å²) in [7, 11) is 0. The molecule has 0 unspecified atom stereocenters. The SMILES string of the molecule is OCC1(c2ccc(C3(O)CC3)cc2)CC1. The van der Waals surface area contributed by atoms with Gasteiger partial charge >= 0.3 is 0 Å². The van der Waals surface area contributed by atoms with Crippen molar-refractivity contribution in [1.82, 2.24) is 0 Å². The van der Waals surface area contributed by atoms with Crippen molar-refractivity contribution in [2.45, 2.75) is 36.7 Å². The first-order valence-corrected chi connectivity index (χ1v) is 5.63. The van der Waals surface area contributed by atoms with Crippen LogP contribution in [0.3, 0.4) is 0 Å². The van der Waals surface area contributed by atoms with Crippen LogP contribution in [0, 0.1) is 0 Å². The molecule has 0 atom stereocenters. The van der Waals surface area contributed by atoms with Crippen molar-refractivity contribution >= 4 is 0 Å². The van der Waals surface area contributed by atoms with E-state index in [-0.39, 0.29) is 12.0 Å². The highest BCUT2D eigenvalue weighted by molar-refractivity contribution is 5.37. The highest BCUT2D eigenvalue weighted by Gasteiger charge is 2.45. The van der Waals surface area contributed by atoms with Crippen molar-refractivity contribution in [2.24, 2.45) is 0 Å². The Morgan fingerprint density at radius 3 is 1.87 bits per heavy atom. The summed E-state index contributed by atoms with van der Waals surface area (Å²) < 4.78 is 0. The van der Waals surface area contributed by atoms with E-state index in [9.17, 15) is 10.2 Å². The van der Waals surface area contributed by atoms with Crippen molar-refractivity contribution in [1.29, 1.82) is 0 Å². The molecule has 0 amide bonds. The van der Waals surface area contributed by atoms with Gasteiger partial charge in [0.2, 0.25) is 0 Å². The third-order valence-corrected chi connectivity index (χ3v) is 3.91. The van der Waals surface area contributed by atoms with Crippen molar-refractivity contribution in [3.63, 3.8) is 0 Å². The lowest BCUT2D eigenvalue weighted by Crippen LogP contribution is -2.12. The fourth-order valence-corrected chi connectivity index (χ4v) is 2.23. The van der Waals surface area contributed by atoms with Gasteiger partial charge in [-0.1, -0.05) is 24.3 Å². The van der Waals surface area contributed by atoms with Crippen LogP contribution >= 0.6 is 0 Å². The van der Waals surface area contributed by atoms with Gasteiger partial charge in [0, 0.05) is 5.41 Å². The Balaban J connectivity index is 1.88. The molecule has 2 saturated carbocycles. The quantitative estimate of drug-likeness (QED) is 0.786. The number of hydrogen-bond donors (Lipinski definition) is 2. The molecule has 3 rings (SSSR count). The van der Waals surface area contributed by atoms with Gasteiger partial charge in [0.15, 0.2) is 0 Å². The van der Waals surface area contributed by atoms with E-state index in [1.165, 1.54) is 5.56 Å². The maximum atomic E-state index is 9.92. The van der Waals surface area contributed by atoms with Gasteiger partial charge in [0.1, 0.15) is 0 Å². The first-order valence-electron chi connectivity index (χ1n) is 5.63. The standard InChI is InChI=1S/C13H16O2/c14-9-12(5-6-12)10-1-3-11(4-2-10)13(15)7-8-13/h1-4,14-15H,5-9H2. The Hall–Kier alpha value is -0.860. The molecule has 15 heavy (non-hydrogen) atoms. The molecular weight excluding hydrogens is 188 g/mol. The molecule has 0 aliphatic heterocycles. The molecule has 2 aliphatic rings. The van der Waals surface area contributed by atoms with Crippen LogP contribution in [0.2, 0.25) is 0 Å². The minimum absolute atomic E-state index is 0.0463. The Morgan fingerprint density at radius 1 is 0.933 bits per heavy atom. The van der Waals surface area contributed by atoms with E-state index in [1.54, 1.807) is 0 Å². The van der Waals surface area contributed by atoms with Crippen molar-refractivity contribution in [2.75, 3.05) is 6.61 Å². The third-order valence-electron chi connectivity index (χ3n) is 3.91. The zero-order valence-corrected chi connectivity index (χ0v) is 8.74. The fraction of sp³-hybridized carbons (Fsp3) is 0.538. The molecule has 2 nitrogen and oxygen atoms in total. The number of aliphatic hydroxyl groups excluding tert-OH is 1. The van der Waals surface area contributed by atoms with Gasteiger partial charge in [-0.25, -0.2) is 0 Å². The van der Waals surface area contributed by atoms with Crippen LogP contribution in [-0.2, 0) is 11.0 Å². The number of benzene rings is 1. The highest BCUT2D eigenvalue weighted by Crippen LogP contribution is 2.49. The van der Waals surface area contributed by atoms with Gasteiger partial charge in [-0.2, -0.15) is 0 Å². The van der Waals surface area contributed by atoms with Gasteiger partial charge < -0.3 is 10.2 Å². The zero-order valence-electron chi connectivity index (χ0n) is 8.74. The van der Waals surface area contributed by atoms with E-state index in [1.807, 2.05) is 12.1 Å². The van der Waals surface area contributed by atoms with Crippen LogP contribution in [0.5, 0.6) is 0 Å². The molecule has 0 radical (unpaired) electrons. The van der Waals surface area contributed by atoms with Crippen molar-refractivity contribution in [3.05, 3.63) is 35.4 Å². The molecule has 1 aromatic rings. The molecule has 2 fully saturated rings. The van der Waals surface area contributed by atoms with E-state index < -0.39 is 5.60 Å². The topological polar surface area (TPSA) is 40.5 Å². The van der Waals surface area contributed by atoms with Crippen LogP contribution in [0.15, 0.2) is 24.3 Å². The second kappa shape index (κ2) is 2.83. The third kappa shape index (κ3) is 1.40. The summed E-state index contributed by atoms with van der Waals surface area (Å²) in [5.41, 5.74) is 1.76. The average Bonchev–Trinajstić information content (AvgIpc) is 3.15. The lowest BCUT2D eigenvalue weighted by Gasteiger charge is -2.14. The van der Waals surface area contributed by atoms with Crippen molar-refractivity contribution in [3.8, 4) is 0 Å². The predicted octanol–water partition coefficient (Wildman–Crippen LogP) is 1.69. The van der Waals surface area contributed by atoms with Gasteiger partial charge in [0.05, 0.1) is 12.2 Å². The largest absolute Gasteiger partial charge is 0.395 e. The zero-order chi connectivity index (χ0) is 10.5. The van der Waals surface area contributed by atoms with Gasteiger partial charge in [-0.05, 0) is 36.8 Å². The molecule has 2 N–H and O–H groups in total. The lowest BCUT2D eigenvalue weighted by molar-refractivity contribution is 0.151. The lowest BCUT2D eigenvalue weighted by atomic mass is 9.94. The van der Waals surface area contributed by atoms with Crippen molar-refractivity contribution < 1.29 is 10.2 Å². The number of hydrogen-bond acceptors (Lipinski definition) is 2. The van der Waals surface area contributed by atoms with Crippen LogP contribution in [0.25, 0.3) is 0 Å². The second-order valence-corrected chi connectivity index (χ2v) is 5.05. The maximum Gasteiger partial charge on any atom is 0.0899 e. The normalized spacial score (nSPS) is 24.9. The molecule has 80 valence electrons. The molecular formula is C13H16O2. The highest BCUT2D eigenvalue weighted by atomic mass is 16.3. The predicted molar refractivity (Wildman–Crippen MR) is 57.6 cm³/mol. The summed E-state index contributed by atoms with van der Waals surface area (Å²) in [5, 5.41) is 19.2. The Kier molecular flexibility index (Phi) is 1.77. The summed E-state index contributed by atoms with van der Waals surface area (Å²) in [6.07, 6.45) is 3.95. The smallest absolute Gasteiger partial charge is 0.0899 e. The first kappa shape index (κ1) is 9.37. The average molecular weight is 204 g/mol. The van der Waals surface area contributed by atoms with Gasteiger partial charge in [-0.3, -0.25) is 0 Å². The van der Waals surface area contributed by atoms with Crippen LogP contribution in [0.1, 0.15) is 36.8 Å². The Morgan fingerprint density at radius 2 is 1.47 bits per heavy atom. The van der Waals surface area contributed by atoms with Gasteiger partial charge in [-0.15, -0.1) is 0 Å². The molecule has 0 bridgehead atoms. The van der Waals surface area contributed by atoms with E-state index in [0.717, 1.165) is 31.2 Å². The second-order valence-electron chi connectivity index (χ2n) is 5.05. The van der Waals surface area contributed by atoms with E-state index in [2.05, 4.69) is 12.1 Å². The Labute approximate surface area is 89.6 Å². The molecule has 0 spiro atoms. The maximum absolute atomic E-state index is 9.92. The van der Waals surface area contributed by atoms with Gasteiger partial charge in [0.25, 0.3) is 0 Å². The summed E-state index contributed by atoms with van der Waals surface area (Å²) in [6.45, 7) is 0.247. The number of rotatable bonds is 3. The molecule has 2 heteroatoms. The van der Waals surface area contributed by atoms with Crippen LogP contribution in [-0.4, -0.2) is 16.8 Å². The van der Waals surface area contributed by atoms with Crippen LogP contribution < -0.4 is 0 Å². The fourth-order valence-electron chi connectivity index (χ4n) is 2.23. The number of aliphatic hydroxyl groups is 2. The molecule has 0 aromatic heterocycles. The van der Waals surface area contributed by atoms with E-state index in [4.69, 9.17) is 0 Å². The minimum Gasteiger partial charge on any atom is -0.395 e. The monoisotopic (exact) mass is 204 g/mol. The summed E-state index contributed by atoms with van der Waals surface area (Å²) in [4.78, 5) is 0. The summed E-state index contributed by atoms with van der Waals surface area (Å²) in [5.74, 6) is 0. The minimum atomic E-state index is -0.533. The Bertz CT molecular complexity index is 372. The van der Waals surface area contributed by atoms with E-state index in [0.29, 0.717) is 0 Å². The molecule has 0 heterocycles. The molecule has 1 aromatic carbocycles. The first-order chi connectivity index (χ1) is 7.19.